The Kier molecular flexibility index (Phi) is 4.15. The molecule has 0 aromatic heterocycles. The molecule has 1 atom stereocenters. The van der Waals surface area contributed by atoms with Crippen molar-refractivity contribution in [2.45, 2.75) is 12.5 Å². The van der Waals surface area contributed by atoms with E-state index in [0.29, 0.717) is 37.9 Å². The number of morpholine rings is 1. The number of amides is 1. The van der Waals surface area contributed by atoms with Crippen molar-refractivity contribution in [1.82, 2.24) is 4.90 Å². The number of hydrogen-bond acceptors (Lipinski definition) is 5. The van der Waals surface area contributed by atoms with E-state index in [0.717, 1.165) is 5.56 Å². The van der Waals surface area contributed by atoms with Gasteiger partial charge >= 0.3 is 5.97 Å². The van der Waals surface area contributed by atoms with Gasteiger partial charge in [0.1, 0.15) is 13.2 Å². The fourth-order valence-corrected chi connectivity index (χ4v) is 2.58. The Morgan fingerprint density at radius 3 is 2.73 bits per heavy atom. The van der Waals surface area contributed by atoms with Gasteiger partial charge in [0.25, 0.3) is 0 Å². The fraction of sp³-hybridized carbons (Fsp3) is 0.467. The molecule has 22 heavy (non-hydrogen) atoms. The zero-order valence-corrected chi connectivity index (χ0v) is 12.0. The first-order valence-corrected chi connectivity index (χ1v) is 7.13. The van der Waals surface area contributed by atoms with Crippen molar-refractivity contribution in [2.24, 2.45) is 0 Å². The van der Waals surface area contributed by atoms with Crippen LogP contribution in [-0.4, -0.2) is 60.9 Å². The number of rotatable bonds is 3. The number of carboxylic acids is 1. The van der Waals surface area contributed by atoms with E-state index in [9.17, 15) is 14.7 Å². The van der Waals surface area contributed by atoms with Crippen LogP contribution in [0.1, 0.15) is 5.56 Å². The second kappa shape index (κ2) is 6.23. The zero-order valence-electron chi connectivity index (χ0n) is 12.0. The third-order valence-electron chi connectivity index (χ3n) is 3.70. The van der Waals surface area contributed by atoms with Gasteiger partial charge in [-0.05, 0) is 17.7 Å². The molecule has 118 valence electrons. The zero-order chi connectivity index (χ0) is 15.5. The molecular formula is C15H17NO6. The predicted molar refractivity (Wildman–Crippen MR) is 75.1 cm³/mol. The molecule has 1 saturated heterocycles. The summed E-state index contributed by atoms with van der Waals surface area (Å²) in [6, 6.07) is 4.41. The van der Waals surface area contributed by atoms with Crippen molar-refractivity contribution in [1.29, 1.82) is 0 Å². The summed E-state index contributed by atoms with van der Waals surface area (Å²) >= 11 is 0. The maximum Gasteiger partial charge on any atom is 0.328 e. The maximum absolute atomic E-state index is 12.4. The summed E-state index contributed by atoms with van der Waals surface area (Å²) in [5, 5.41) is 9.17. The molecule has 0 bridgehead atoms. The summed E-state index contributed by atoms with van der Waals surface area (Å²) in [5.41, 5.74) is 0.768. The molecule has 1 fully saturated rings. The van der Waals surface area contributed by atoms with Crippen LogP contribution in [0.15, 0.2) is 18.2 Å². The molecule has 0 aliphatic carbocycles. The average Bonchev–Trinajstić information content (AvgIpc) is 2.54. The highest BCUT2D eigenvalue weighted by molar-refractivity contribution is 5.85. The van der Waals surface area contributed by atoms with Crippen molar-refractivity contribution in [3.05, 3.63) is 23.8 Å². The Morgan fingerprint density at radius 2 is 1.95 bits per heavy atom. The molecule has 1 amide bonds. The topological polar surface area (TPSA) is 85.3 Å². The van der Waals surface area contributed by atoms with E-state index in [-0.39, 0.29) is 18.9 Å². The fourth-order valence-electron chi connectivity index (χ4n) is 2.58. The minimum absolute atomic E-state index is 0.0300. The van der Waals surface area contributed by atoms with Gasteiger partial charge in [-0.3, -0.25) is 4.79 Å². The molecule has 3 rings (SSSR count). The smallest absolute Gasteiger partial charge is 0.328 e. The Morgan fingerprint density at radius 1 is 1.18 bits per heavy atom. The molecule has 0 radical (unpaired) electrons. The van der Waals surface area contributed by atoms with Gasteiger partial charge < -0.3 is 24.2 Å². The van der Waals surface area contributed by atoms with Gasteiger partial charge in [0.2, 0.25) is 5.91 Å². The molecule has 1 N–H and O–H groups in total. The van der Waals surface area contributed by atoms with Crippen LogP contribution in [0.3, 0.4) is 0 Å². The number of carbonyl (C=O) groups excluding carboxylic acids is 1. The number of carboxylic acid groups (broad SMARTS) is 1. The Hall–Kier alpha value is -2.28. The number of benzene rings is 1. The standard InChI is InChI=1S/C15H17NO6/c17-14(16-3-4-20-9-11(16)15(18)19)8-10-1-2-12-13(7-10)22-6-5-21-12/h1-2,7,11H,3-6,8-9H2,(H,18,19)/t11-/m0/s1. The summed E-state index contributed by atoms with van der Waals surface area (Å²) in [6.45, 7) is 1.67. The summed E-state index contributed by atoms with van der Waals surface area (Å²) in [4.78, 5) is 25.0. The number of ether oxygens (including phenoxy) is 3. The molecule has 1 aromatic carbocycles. The van der Waals surface area contributed by atoms with Crippen LogP contribution in [0.5, 0.6) is 11.5 Å². The highest BCUT2D eigenvalue weighted by Gasteiger charge is 2.32. The minimum atomic E-state index is -1.05. The number of fused-ring (bicyclic) bond motifs is 1. The number of aliphatic carboxylic acids is 1. The van der Waals surface area contributed by atoms with E-state index in [2.05, 4.69) is 0 Å². The molecule has 0 unspecified atom stereocenters. The van der Waals surface area contributed by atoms with Crippen LogP contribution in [0, 0.1) is 0 Å². The lowest BCUT2D eigenvalue weighted by Gasteiger charge is -2.33. The Bertz CT molecular complexity index is 587. The van der Waals surface area contributed by atoms with Crippen LogP contribution >= 0.6 is 0 Å². The predicted octanol–water partition coefficient (Wildman–Crippen LogP) is 0.312. The van der Waals surface area contributed by atoms with E-state index < -0.39 is 12.0 Å². The van der Waals surface area contributed by atoms with E-state index >= 15 is 0 Å². The third-order valence-corrected chi connectivity index (χ3v) is 3.70. The summed E-state index contributed by atoms with van der Waals surface area (Å²) in [6.07, 6.45) is 0.125. The van der Waals surface area contributed by atoms with Crippen LogP contribution in [0.4, 0.5) is 0 Å². The molecular weight excluding hydrogens is 290 g/mol. The largest absolute Gasteiger partial charge is 0.486 e. The SMILES string of the molecule is O=C(O)[C@@H]1COCCN1C(=O)Cc1ccc2c(c1)OCCO2. The van der Waals surface area contributed by atoms with Crippen LogP contribution in [0.25, 0.3) is 0 Å². The van der Waals surface area contributed by atoms with E-state index in [4.69, 9.17) is 14.2 Å². The summed E-state index contributed by atoms with van der Waals surface area (Å²) in [7, 11) is 0. The summed E-state index contributed by atoms with van der Waals surface area (Å²) < 4.78 is 16.1. The quantitative estimate of drug-likeness (QED) is 0.865. The van der Waals surface area contributed by atoms with E-state index in [1.165, 1.54) is 4.90 Å². The average molecular weight is 307 g/mol. The maximum atomic E-state index is 12.4. The Labute approximate surface area is 127 Å². The molecule has 0 spiro atoms. The van der Waals surface area contributed by atoms with Gasteiger partial charge in [0.05, 0.1) is 19.6 Å². The molecule has 0 saturated carbocycles. The Balaban J connectivity index is 1.71. The lowest BCUT2D eigenvalue weighted by molar-refractivity contribution is -0.158. The highest BCUT2D eigenvalue weighted by atomic mass is 16.6. The van der Waals surface area contributed by atoms with Crippen molar-refractivity contribution < 1.29 is 28.9 Å². The highest BCUT2D eigenvalue weighted by Crippen LogP contribution is 2.31. The minimum Gasteiger partial charge on any atom is -0.486 e. The number of nitrogens with zero attached hydrogens (tertiary/aromatic N) is 1. The van der Waals surface area contributed by atoms with Gasteiger partial charge in [-0.15, -0.1) is 0 Å². The molecule has 2 aliphatic rings. The normalized spacial score (nSPS) is 20.5. The van der Waals surface area contributed by atoms with E-state index in [1.807, 2.05) is 0 Å². The first kappa shape index (κ1) is 14.6. The lowest BCUT2D eigenvalue weighted by atomic mass is 10.1. The van der Waals surface area contributed by atoms with Gasteiger partial charge in [0.15, 0.2) is 17.5 Å². The monoisotopic (exact) mass is 307 g/mol. The van der Waals surface area contributed by atoms with Gasteiger partial charge in [-0.1, -0.05) is 6.07 Å². The van der Waals surface area contributed by atoms with Crippen molar-refractivity contribution in [3.8, 4) is 11.5 Å². The van der Waals surface area contributed by atoms with Gasteiger partial charge in [-0.25, -0.2) is 4.79 Å². The van der Waals surface area contributed by atoms with Gasteiger partial charge in [-0.2, -0.15) is 0 Å². The van der Waals surface area contributed by atoms with Crippen molar-refractivity contribution in [2.75, 3.05) is 33.0 Å². The molecule has 1 aromatic rings. The van der Waals surface area contributed by atoms with Crippen molar-refractivity contribution >= 4 is 11.9 Å². The van der Waals surface area contributed by atoms with Crippen LogP contribution in [-0.2, 0) is 20.7 Å². The number of carbonyl (C=O) groups is 2. The van der Waals surface area contributed by atoms with Crippen molar-refractivity contribution in [3.63, 3.8) is 0 Å². The molecule has 2 aliphatic heterocycles. The second-order valence-corrected chi connectivity index (χ2v) is 5.17. The number of hydrogen-bond donors (Lipinski definition) is 1. The summed E-state index contributed by atoms with van der Waals surface area (Å²) in [5.74, 6) is 0.00754. The second-order valence-electron chi connectivity index (χ2n) is 5.17. The molecule has 7 heteroatoms. The molecule has 2 heterocycles. The van der Waals surface area contributed by atoms with Crippen LogP contribution in [0.2, 0.25) is 0 Å². The lowest BCUT2D eigenvalue weighted by Crippen LogP contribution is -2.53. The van der Waals surface area contributed by atoms with Crippen LogP contribution < -0.4 is 9.47 Å². The molecule has 7 nitrogen and oxygen atoms in total. The first-order valence-electron chi connectivity index (χ1n) is 7.13. The van der Waals surface area contributed by atoms with E-state index in [1.54, 1.807) is 18.2 Å². The van der Waals surface area contributed by atoms with Gasteiger partial charge in [0, 0.05) is 6.54 Å². The third kappa shape index (κ3) is 2.99. The first-order chi connectivity index (χ1) is 10.6.